The van der Waals surface area contributed by atoms with Crippen LogP contribution in [0.3, 0.4) is 0 Å². The molecule has 0 N–H and O–H groups in total. The second-order valence-electron chi connectivity index (χ2n) is 4.45. The molecule has 0 aromatic rings. The van der Waals surface area contributed by atoms with Crippen molar-refractivity contribution in [2.75, 3.05) is 0 Å². The van der Waals surface area contributed by atoms with Gasteiger partial charge in [0.25, 0.3) is 0 Å². The Morgan fingerprint density at radius 2 is 1.82 bits per heavy atom. The average Bonchev–Trinajstić information content (AvgIpc) is 2.51. The number of ether oxygens (including phenoxy) is 1. The fourth-order valence-electron chi connectivity index (χ4n) is 1.21. The zero-order valence-corrected chi connectivity index (χ0v) is 14.2. The molecule has 6 heteroatoms. The average molecular weight is 335 g/mol. The second kappa shape index (κ2) is 9.46. The number of allylic oxidation sites excluding steroid dienone is 4. The molecule has 0 fully saturated rings. The molecule has 98 valence electrons. The third-order valence-corrected chi connectivity index (χ3v) is 5.16. The van der Waals surface area contributed by atoms with Gasteiger partial charge in [-0.1, -0.05) is 0 Å². The van der Waals surface area contributed by atoms with E-state index in [-0.39, 0.29) is 47.1 Å². The molecule has 2 nitrogen and oxygen atoms in total. The van der Waals surface area contributed by atoms with Crippen LogP contribution in [0.5, 0.6) is 0 Å². The molecule has 0 aromatic heterocycles. The summed E-state index contributed by atoms with van der Waals surface area (Å²) in [6, 6.07) is 0. The van der Waals surface area contributed by atoms with E-state index in [1.165, 1.54) is 3.88 Å². The van der Waals surface area contributed by atoms with Crippen molar-refractivity contribution in [3.05, 3.63) is 22.1 Å². The van der Waals surface area contributed by atoms with Gasteiger partial charge in [0.2, 0.25) is 0 Å². The van der Waals surface area contributed by atoms with Crippen molar-refractivity contribution in [1.29, 1.82) is 0 Å². The fourth-order valence-corrected chi connectivity index (χ4v) is 3.54. The monoisotopic (exact) mass is 334 g/mol. The third-order valence-electron chi connectivity index (χ3n) is 1.96. The van der Waals surface area contributed by atoms with E-state index >= 15 is 0 Å². The maximum atomic E-state index is 11.7. The Hall–Kier alpha value is 0.534. The van der Waals surface area contributed by atoms with Crippen molar-refractivity contribution in [2.45, 2.75) is 38.0 Å². The molecule has 0 atom stereocenters. The summed E-state index contributed by atoms with van der Waals surface area (Å²) >= 11 is -1.79. The van der Waals surface area contributed by atoms with E-state index in [1.54, 1.807) is 0 Å². The maximum absolute atomic E-state index is 11.7. The van der Waals surface area contributed by atoms with Gasteiger partial charge in [0, 0.05) is 0 Å². The molecule has 1 aliphatic rings. The minimum atomic E-state index is -1.79. The first-order valence-corrected chi connectivity index (χ1v) is 7.95. The molecule has 0 amide bonds. The Morgan fingerprint density at radius 1 is 1.29 bits per heavy atom. The summed E-state index contributed by atoms with van der Waals surface area (Å²) in [6.07, 6.45) is 7.14. The van der Waals surface area contributed by atoms with Gasteiger partial charge in [-0.15, -0.1) is 0 Å². The summed E-state index contributed by atoms with van der Waals surface area (Å²) < 4.78 is 6.72. The standard InChI is InChI=1S/C5H9O2.C5H5.CH3.3ClH.Ti/c1-5(2,3)7-4-6;1-2-4-5-3-1;;;;;/h1-3H3;1-3H,4H2;1H3;3*1H;/q;;;;;;+3/p-3. The molecule has 0 bridgehead atoms. The normalized spacial score (nSPS) is 12.1. The third kappa shape index (κ3) is 8.28. The minimum Gasteiger partial charge on any atom is -1.00 e. The first-order chi connectivity index (χ1) is 6.40. The van der Waals surface area contributed by atoms with Crippen molar-refractivity contribution in [3.8, 4) is 0 Å². The molecular formula is C11H17Cl3O2Ti. The zero-order valence-electron chi connectivity index (χ0n) is 10.4. The Labute approximate surface area is 128 Å². The van der Waals surface area contributed by atoms with E-state index in [0.717, 1.165) is 6.42 Å². The molecule has 17 heavy (non-hydrogen) atoms. The van der Waals surface area contributed by atoms with Crippen molar-refractivity contribution in [3.63, 3.8) is 0 Å². The molecule has 1 rings (SSSR count). The molecule has 0 saturated heterocycles. The Morgan fingerprint density at radius 3 is 2.18 bits per heavy atom. The minimum absolute atomic E-state index is 0. The van der Waals surface area contributed by atoms with Crippen LogP contribution < -0.4 is 37.2 Å². The van der Waals surface area contributed by atoms with Crippen molar-refractivity contribution >= 4 is 4.27 Å². The fraction of sp³-hybridized carbons (Fsp3) is 0.545. The summed E-state index contributed by atoms with van der Waals surface area (Å²) in [5.41, 5.74) is -0.349. The summed E-state index contributed by atoms with van der Waals surface area (Å²) in [7, 11) is 0. The molecule has 0 spiro atoms. The molecule has 0 aliphatic heterocycles. The Balaban J connectivity index is -0.000000653. The molecule has 0 radical (unpaired) electrons. The van der Waals surface area contributed by atoms with Crippen LogP contribution in [-0.4, -0.2) is 9.88 Å². The Kier molecular flexibility index (Phi) is 12.6. The van der Waals surface area contributed by atoms with E-state index in [2.05, 4.69) is 17.4 Å². The van der Waals surface area contributed by atoms with Crippen molar-refractivity contribution in [2.24, 2.45) is 0 Å². The van der Waals surface area contributed by atoms with Crippen LogP contribution in [0.15, 0.2) is 22.1 Å². The molecule has 0 aromatic carbocycles. The molecule has 0 unspecified atom stereocenters. The summed E-state index contributed by atoms with van der Waals surface area (Å²) in [5.74, 6) is 0. The van der Waals surface area contributed by atoms with Crippen LogP contribution in [-0.2, 0) is 22.6 Å². The van der Waals surface area contributed by atoms with Gasteiger partial charge in [-0.2, -0.15) is 0 Å². The summed E-state index contributed by atoms with van der Waals surface area (Å²) in [4.78, 5) is 11.7. The van der Waals surface area contributed by atoms with E-state index in [0.29, 0.717) is 0 Å². The first kappa shape index (κ1) is 22.7. The van der Waals surface area contributed by atoms with Crippen LogP contribution >= 0.6 is 0 Å². The van der Waals surface area contributed by atoms with E-state index in [9.17, 15) is 4.79 Å². The zero-order chi connectivity index (χ0) is 10.8. The maximum Gasteiger partial charge on any atom is -1.00 e. The van der Waals surface area contributed by atoms with Gasteiger partial charge < -0.3 is 37.2 Å². The molecular weight excluding hydrogens is 318 g/mol. The topological polar surface area (TPSA) is 26.3 Å². The SMILES string of the molecule is [CH3][Ti+3]([C](=O)OC(C)(C)C)[C]1=CC=CC1.[Cl-].[Cl-].[Cl-]. The predicted octanol–water partition coefficient (Wildman–Crippen LogP) is -5.56. The van der Waals surface area contributed by atoms with Gasteiger partial charge in [-0.25, -0.2) is 0 Å². The van der Waals surface area contributed by atoms with Crippen LogP contribution in [0.25, 0.3) is 0 Å². The van der Waals surface area contributed by atoms with Crippen LogP contribution in [0.4, 0.5) is 4.79 Å². The Bertz CT molecular complexity index is 296. The van der Waals surface area contributed by atoms with Crippen molar-refractivity contribution in [1.82, 2.24) is 0 Å². The van der Waals surface area contributed by atoms with Crippen LogP contribution in [0.2, 0.25) is 5.23 Å². The van der Waals surface area contributed by atoms with Crippen LogP contribution in [0, 0.1) is 0 Å². The van der Waals surface area contributed by atoms with Gasteiger partial charge in [-0.3, -0.25) is 0 Å². The van der Waals surface area contributed by atoms with Crippen molar-refractivity contribution < 1.29 is 64.6 Å². The molecule has 0 heterocycles. The predicted molar refractivity (Wildman–Crippen MR) is 53.9 cm³/mol. The number of carbonyl (C=O) groups is 1. The van der Waals surface area contributed by atoms with E-state index < -0.39 is 17.9 Å². The number of halogens is 3. The number of carbonyl (C=O) groups excluding carboxylic acids is 1. The first-order valence-electron chi connectivity index (χ1n) is 4.83. The van der Waals surface area contributed by atoms with Gasteiger partial charge >= 0.3 is 91.8 Å². The smallest absolute Gasteiger partial charge is 1.00 e. The number of hydrogen-bond acceptors (Lipinski definition) is 2. The van der Waals surface area contributed by atoms with Crippen LogP contribution in [0.1, 0.15) is 27.2 Å². The number of rotatable bonds is 2. The van der Waals surface area contributed by atoms with E-state index in [1.807, 2.05) is 26.8 Å². The largest absolute Gasteiger partial charge is 1.00 e. The molecule has 0 saturated carbocycles. The van der Waals surface area contributed by atoms with Gasteiger partial charge in [-0.05, 0) is 0 Å². The van der Waals surface area contributed by atoms with Gasteiger partial charge in [0.1, 0.15) is 0 Å². The summed E-state index contributed by atoms with van der Waals surface area (Å²) in [6.45, 7) is 5.74. The second-order valence-corrected chi connectivity index (χ2v) is 8.04. The quantitative estimate of drug-likeness (QED) is 0.471. The number of hydrogen-bond donors (Lipinski definition) is 0. The summed E-state index contributed by atoms with van der Waals surface area (Å²) in [5, 5.41) is 2.06. The molecule has 1 aliphatic carbocycles. The van der Waals surface area contributed by atoms with Gasteiger partial charge in [0.05, 0.1) is 0 Å². The van der Waals surface area contributed by atoms with E-state index in [4.69, 9.17) is 4.74 Å². The van der Waals surface area contributed by atoms with Gasteiger partial charge in [0.15, 0.2) is 0 Å².